The van der Waals surface area contributed by atoms with E-state index in [0.29, 0.717) is 25.7 Å². The summed E-state index contributed by atoms with van der Waals surface area (Å²) < 4.78 is 10.6. The molecule has 1 rings (SSSR count). The van der Waals surface area contributed by atoms with Gasteiger partial charge in [0.25, 0.3) is 0 Å². The van der Waals surface area contributed by atoms with Gasteiger partial charge in [-0.25, -0.2) is 0 Å². The second kappa shape index (κ2) is 13.1. The minimum atomic E-state index is -0.691. The largest absolute Gasteiger partial charge is 0.388 e. The highest BCUT2D eigenvalue weighted by Gasteiger charge is 2.27. The summed E-state index contributed by atoms with van der Waals surface area (Å²) in [6.45, 7) is 11.4. The fourth-order valence-corrected chi connectivity index (χ4v) is 2.67. The third kappa shape index (κ3) is 8.31. The van der Waals surface area contributed by atoms with E-state index in [9.17, 15) is 5.11 Å². The first-order valence-electron chi connectivity index (χ1n) is 8.90. The Balaban J connectivity index is 0.00000529. The molecule has 1 fully saturated rings. The summed E-state index contributed by atoms with van der Waals surface area (Å²) in [5, 5.41) is 13.8. The quantitative estimate of drug-likeness (QED) is 0.228. The van der Waals surface area contributed by atoms with Crippen molar-refractivity contribution in [2.24, 2.45) is 10.9 Å². The number of aliphatic hydroxyl groups is 1. The number of nitrogens with zero attached hydrogens (tertiary/aromatic N) is 2. The zero-order valence-corrected chi connectivity index (χ0v) is 18.0. The molecular formula is C17H36IN3O3. The molecule has 144 valence electrons. The lowest BCUT2D eigenvalue weighted by Crippen LogP contribution is -2.42. The fraction of sp³-hybridized carbons (Fsp3) is 0.941. The van der Waals surface area contributed by atoms with Crippen LogP contribution in [-0.2, 0) is 9.47 Å². The van der Waals surface area contributed by atoms with Crippen LogP contribution < -0.4 is 5.32 Å². The van der Waals surface area contributed by atoms with E-state index in [4.69, 9.17) is 9.47 Å². The van der Waals surface area contributed by atoms with Crippen LogP contribution in [0.25, 0.3) is 0 Å². The van der Waals surface area contributed by atoms with Gasteiger partial charge in [-0.1, -0.05) is 13.8 Å². The maximum atomic E-state index is 10.4. The van der Waals surface area contributed by atoms with Gasteiger partial charge in [0.05, 0.1) is 32.0 Å². The Bertz CT molecular complexity index is 352. The second-order valence-corrected chi connectivity index (χ2v) is 6.27. The Morgan fingerprint density at radius 1 is 1.29 bits per heavy atom. The predicted octanol–water partition coefficient (Wildman–Crippen LogP) is 2.11. The van der Waals surface area contributed by atoms with Crippen LogP contribution in [0.15, 0.2) is 4.99 Å². The van der Waals surface area contributed by atoms with E-state index < -0.39 is 5.60 Å². The molecule has 1 atom stereocenters. The molecular weight excluding hydrogens is 421 g/mol. The molecule has 2 N–H and O–H groups in total. The van der Waals surface area contributed by atoms with Crippen LogP contribution in [0.3, 0.4) is 0 Å². The number of hydrogen-bond donors (Lipinski definition) is 2. The van der Waals surface area contributed by atoms with Crippen LogP contribution in [0, 0.1) is 5.92 Å². The average molecular weight is 457 g/mol. The van der Waals surface area contributed by atoms with Gasteiger partial charge >= 0.3 is 0 Å². The van der Waals surface area contributed by atoms with Gasteiger partial charge in [0.1, 0.15) is 0 Å². The summed E-state index contributed by atoms with van der Waals surface area (Å²) in [7, 11) is 1.69. The predicted molar refractivity (Wildman–Crippen MR) is 109 cm³/mol. The number of hydrogen-bond acceptors (Lipinski definition) is 4. The summed E-state index contributed by atoms with van der Waals surface area (Å²) in [5.74, 6) is 1.44. The number of nitrogens with one attached hydrogen (secondary N) is 1. The number of aliphatic imine (C=N–C) groups is 1. The van der Waals surface area contributed by atoms with Crippen LogP contribution in [0.2, 0.25) is 0 Å². The Morgan fingerprint density at radius 3 is 2.58 bits per heavy atom. The van der Waals surface area contributed by atoms with Crippen LogP contribution in [0.5, 0.6) is 0 Å². The van der Waals surface area contributed by atoms with E-state index in [1.54, 1.807) is 7.11 Å². The van der Waals surface area contributed by atoms with E-state index in [1.807, 2.05) is 13.8 Å². The summed E-state index contributed by atoms with van der Waals surface area (Å²) in [5.41, 5.74) is -0.691. The molecule has 0 aromatic rings. The number of likely N-dealkylation sites (tertiary alicyclic amines) is 1. The van der Waals surface area contributed by atoms with Crippen molar-refractivity contribution in [1.82, 2.24) is 10.2 Å². The highest BCUT2D eigenvalue weighted by Crippen LogP contribution is 2.18. The molecule has 0 aromatic heterocycles. The molecule has 0 saturated carbocycles. The highest BCUT2D eigenvalue weighted by atomic mass is 127. The first kappa shape index (κ1) is 23.9. The molecule has 0 aliphatic carbocycles. The van der Waals surface area contributed by atoms with Gasteiger partial charge in [0.15, 0.2) is 5.96 Å². The number of halogens is 1. The molecule has 0 bridgehead atoms. The number of ether oxygens (including phenoxy) is 2. The summed E-state index contributed by atoms with van der Waals surface area (Å²) in [6.07, 6.45) is 2.56. The lowest BCUT2D eigenvalue weighted by atomic mass is 9.98. The first-order chi connectivity index (χ1) is 11.1. The van der Waals surface area contributed by atoms with Crippen molar-refractivity contribution in [3.63, 3.8) is 0 Å². The Kier molecular flexibility index (Phi) is 13.1. The second-order valence-electron chi connectivity index (χ2n) is 6.27. The van der Waals surface area contributed by atoms with Crippen LogP contribution in [-0.4, -0.2) is 74.7 Å². The summed E-state index contributed by atoms with van der Waals surface area (Å²) >= 11 is 0. The molecule has 1 aliphatic heterocycles. The standard InChI is InChI=1S/C17H35N3O3.HI/c1-5-17(21,6-2)14-19-16(18-7-3)20-9-8-15(12-20)13-23-11-10-22-4;/h15,21H,5-14H2,1-4H3,(H,18,19);1H. The molecule has 1 heterocycles. The molecule has 1 saturated heterocycles. The smallest absolute Gasteiger partial charge is 0.194 e. The van der Waals surface area contributed by atoms with Crippen LogP contribution >= 0.6 is 24.0 Å². The third-order valence-electron chi connectivity index (χ3n) is 4.54. The summed E-state index contributed by atoms with van der Waals surface area (Å²) in [4.78, 5) is 6.95. The maximum Gasteiger partial charge on any atom is 0.194 e. The van der Waals surface area contributed by atoms with Gasteiger partial charge in [0, 0.05) is 32.7 Å². The third-order valence-corrected chi connectivity index (χ3v) is 4.54. The average Bonchev–Trinajstić information content (AvgIpc) is 3.04. The molecule has 0 radical (unpaired) electrons. The number of guanidine groups is 1. The monoisotopic (exact) mass is 457 g/mol. The Hall–Kier alpha value is -0.120. The van der Waals surface area contributed by atoms with Crippen molar-refractivity contribution in [3.05, 3.63) is 0 Å². The SMILES string of the molecule is CCNC(=NCC(O)(CC)CC)N1CCC(COCCOC)C1.I. The molecule has 6 nitrogen and oxygen atoms in total. The molecule has 0 amide bonds. The van der Waals surface area contributed by atoms with E-state index in [2.05, 4.69) is 22.1 Å². The molecule has 0 aromatic carbocycles. The van der Waals surface area contributed by atoms with Gasteiger partial charge in [-0.2, -0.15) is 0 Å². The Morgan fingerprint density at radius 2 is 2.00 bits per heavy atom. The van der Waals surface area contributed by atoms with E-state index in [-0.39, 0.29) is 24.0 Å². The minimum absolute atomic E-state index is 0. The fourth-order valence-electron chi connectivity index (χ4n) is 2.67. The highest BCUT2D eigenvalue weighted by molar-refractivity contribution is 14.0. The maximum absolute atomic E-state index is 10.4. The number of rotatable bonds is 10. The van der Waals surface area contributed by atoms with Gasteiger partial charge in [-0.3, -0.25) is 4.99 Å². The van der Waals surface area contributed by atoms with Gasteiger partial charge in [-0.05, 0) is 26.2 Å². The van der Waals surface area contributed by atoms with Crippen molar-refractivity contribution in [1.29, 1.82) is 0 Å². The van der Waals surface area contributed by atoms with Crippen molar-refractivity contribution in [2.75, 3.05) is 53.1 Å². The lowest BCUT2D eigenvalue weighted by Gasteiger charge is -2.26. The van der Waals surface area contributed by atoms with E-state index in [0.717, 1.165) is 51.5 Å². The van der Waals surface area contributed by atoms with Crippen molar-refractivity contribution >= 4 is 29.9 Å². The van der Waals surface area contributed by atoms with E-state index >= 15 is 0 Å². The topological polar surface area (TPSA) is 66.3 Å². The van der Waals surface area contributed by atoms with Gasteiger partial charge in [0.2, 0.25) is 0 Å². The zero-order chi connectivity index (χ0) is 17.1. The first-order valence-corrected chi connectivity index (χ1v) is 8.90. The van der Waals surface area contributed by atoms with Gasteiger partial charge < -0.3 is 24.8 Å². The molecule has 1 unspecified atom stereocenters. The zero-order valence-electron chi connectivity index (χ0n) is 15.7. The van der Waals surface area contributed by atoms with E-state index in [1.165, 1.54) is 0 Å². The molecule has 1 aliphatic rings. The number of methoxy groups -OCH3 is 1. The van der Waals surface area contributed by atoms with Crippen molar-refractivity contribution in [3.8, 4) is 0 Å². The van der Waals surface area contributed by atoms with Gasteiger partial charge in [-0.15, -0.1) is 24.0 Å². The van der Waals surface area contributed by atoms with Crippen molar-refractivity contribution < 1.29 is 14.6 Å². The summed E-state index contributed by atoms with van der Waals surface area (Å²) in [6, 6.07) is 0. The lowest BCUT2D eigenvalue weighted by molar-refractivity contribution is 0.0415. The minimum Gasteiger partial charge on any atom is -0.388 e. The normalized spacial score (nSPS) is 18.6. The molecule has 7 heteroatoms. The van der Waals surface area contributed by atoms with Crippen LogP contribution in [0.1, 0.15) is 40.0 Å². The molecule has 0 spiro atoms. The van der Waals surface area contributed by atoms with Crippen LogP contribution in [0.4, 0.5) is 0 Å². The van der Waals surface area contributed by atoms with Crippen molar-refractivity contribution in [2.45, 2.75) is 45.6 Å². The Labute approximate surface area is 164 Å². The molecule has 24 heavy (non-hydrogen) atoms.